The molecule has 7 nitrogen and oxygen atoms in total. The summed E-state index contributed by atoms with van der Waals surface area (Å²) >= 11 is 0. The lowest BCUT2D eigenvalue weighted by Crippen LogP contribution is -2.21. The molecule has 0 unspecified atom stereocenters. The summed E-state index contributed by atoms with van der Waals surface area (Å²) in [4.78, 5) is 0. The van der Waals surface area contributed by atoms with Crippen LogP contribution in [0.5, 0.6) is 34.5 Å². The van der Waals surface area contributed by atoms with Crippen LogP contribution in [0.3, 0.4) is 0 Å². The number of phenols is 1. The van der Waals surface area contributed by atoms with Gasteiger partial charge in [-0.15, -0.1) is 0 Å². The predicted octanol–water partition coefficient (Wildman–Crippen LogP) is 3.48. The summed E-state index contributed by atoms with van der Waals surface area (Å²) in [5.74, 6) is 2.52. The molecule has 2 heterocycles. The minimum atomic E-state index is 0.0938. The number of phenolic OH excluding ortho intramolecular Hbond substituents is 1. The van der Waals surface area contributed by atoms with Crippen molar-refractivity contribution >= 4 is 27.1 Å². The second kappa shape index (κ2) is 7.09. The fourth-order valence-electron chi connectivity index (χ4n) is 3.80. The summed E-state index contributed by atoms with van der Waals surface area (Å²) < 4.78 is 29.7. The van der Waals surface area contributed by atoms with Gasteiger partial charge < -0.3 is 28.8 Å². The minimum absolute atomic E-state index is 0.0938. The van der Waals surface area contributed by atoms with E-state index in [9.17, 15) is 5.11 Å². The maximum Gasteiger partial charge on any atom is 0.223 e. The van der Waals surface area contributed by atoms with Gasteiger partial charge in [-0.25, -0.2) is 0 Å². The molecule has 4 aromatic rings. The van der Waals surface area contributed by atoms with Gasteiger partial charge in [0.25, 0.3) is 0 Å². The number of aromatic hydroxyl groups is 1. The molecule has 7 heteroatoms. The van der Waals surface area contributed by atoms with Gasteiger partial charge in [-0.2, -0.15) is 4.40 Å². The Labute approximate surface area is 167 Å². The molecule has 2 aromatic carbocycles. The Balaban J connectivity index is 2.22. The molecular formula is C22H22NO6+. The molecule has 0 atom stereocenters. The zero-order valence-electron chi connectivity index (χ0n) is 16.9. The van der Waals surface area contributed by atoms with Crippen molar-refractivity contribution in [3.05, 3.63) is 36.7 Å². The van der Waals surface area contributed by atoms with Crippen LogP contribution in [0.4, 0.5) is 0 Å². The number of hydrogen-bond donors (Lipinski definition) is 1. The van der Waals surface area contributed by atoms with E-state index in [0.717, 1.165) is 21.7 Å². The lowest BCUT2D eigenvalue weighted by molar-refractivity contribution is -0.509. The fourth-order valence-corrected chi connectivity index (χ4v) is 3.80. The quantitative estimate of drug-likeness (QED) is 0.316. The average Bonchev–Trinajstić information content (AvgIpc) is 2.76. The molecule has 150 valence electrons. The van der Waals surface area contributed by atoms with Crippen LogP contribution in [0, 0.1) is 0 Å². The molecule has 0 saturated heterocycles. The van der Waals surface area contributed by atoms with E-state index in [1.54, 1.807) is 34.5 Å². The summed E-state index contributed by atoms with van der Waals surface area (Å²) in [5.41, 5.74) is 0.857. The lowest BCUT2D eigenvalue weighted by atomic mass is 10.0. The molecule has 0 aliphatic rings. The van der Waals surface area contributed by atoms with Crippen molar-refractivity contribution in [2.45, 2.75) is 0 Å². The number of pyridine rings is 2. The lowest BCUT2D eigenvalue weighted by Gasteiger charge is -2.18. The van der Waals surface area contributed by atoms with Gasteiger partial charge in [0, 0.05) is 17.5 Å². The Kier molecular flexibility index (Phi) is 4.58. The summed E-state index contributed by atoms with van der Waals surface area (Å²) in [5, 5.41) is 13.7. The Bertz CT molecular complexity index is 1250. The monoisotopic (exact) mass is 396 g/mol. The van der Waals surface area contributed by atoms with Crippen LogP contribution >= 0.6 is 0 Å². The van der Waals surface area contributed by atoms with Gasteiger partial charge >= 0.3 is 0 Å². The van der Waals surface area contributed by atoms with Gasteiger partial charge in [0.15, 0.2) is 35.4 Å². The number of methoxy groups -OCH3 is 5. The molecule has 29 heavy (non-hydrogen) atoms. The Morgan fingerprint density at radius 3 is 2.00 bits per heavy atom. The molecule has 0 bridgehead atoms. The highest BCUT2D eigenvalue weighted by Crippen LogP contribution is 2.51. The number of nitrogens with zero attached hydrogens (tertiary/aromatic N) is 1. The molecule has 0 amide bonds. The zero-order chi connectivity index (χ0) is 20.7. The van der Waals surface area contributed by atoms with Crippen LogP contribution in [0.2, 0.25) is 0 Å². The Morgan fingerprint density at radius 1 is 0.724 bits per heavy atom. The van der Waals surface area contributed by atoms with E-state index in [2.05, 4.69) is 0 Å². The molecule has 2 aromatic heterocycles. The van der Waals surface area contributed by atoms with E-state index < -0.39 is 0 Å². The highest BCUT2D eigenvalue weighted by Gasteiger charge is 2.27. The Hall–Kier alpha value is -3.61. The van der Waals surface area contributed by atoms with Crippen molar-refractivity contribution in [3.63, 3.8) is 0 Å². The summed E-state index contributed by atoms with van der Waals surface area (Å²) in [6.45, 7) is 0. The van der Waals surface area contributed by atoms with E-state index in [0.29, 0.717) is 34.1 Å². The van der Waals surface area contributed by atoms with E-state index in [-0.39, 0.29) is 5.75 Å². The predicted molar refractivity (Wildman–Crippen MR) is 109 cm³/mol. The molecule has 0 aliphatic heterocycles. The number of rotatable bonds is 5. The van der Waals surface area contributed by atoms with Gasteiger partial charge in [-0.3, -0.25) is 0 Å². The van der Waals surface area contributed by atoms with Crippen molar-refractivity contribution in [1.82, 2.24) is 0 Å². The Morgan fingerprint density at radius 2 is 1.38 bits per heavy atom. The van der Waals surface area contributed by atoms with Gasteiger partial charge in [0.2, 0.25) is 17.0 Å². The third kappa shape index (κ3) is 2.61. The van der Waals surface area contributed by atoms with Crippen LogP contribution in [-0.2, 0) is 0 Å². The standard InChI is InChI=1S/C22H21NO6/c1-25-16-7-6-12-10-15-17-13(8-9-23(15)11-14(12)18(16)24)19(26-2)21(28-4)22(29-5)20(17)27-3/h6-11H,1-5H3/p+1. The molecule has 0 fully saturated rings. The van der Waals surface area contributed by atoms with Gasteiger partial charge in [0.05, 0.1) is 40.9 Å². The second-order valence-corrected chi connectivity index (χ2v) is 6.42. The highest BCUT2D eigenvalue weighted by atomic mass is 16.5. The van der Waals surface area contributed by atoms with Crippen LogP contribution < -0.4 is 28.1 Å². The maximum absolute atomic E-state index is 10.5. The van der Waals surface area contributed by atoms with E-state index in [1.807, 2.05) is 35.0 Å². The van der Waals surface area contributed by atoms with E-state index in [4.69, 9.17) is 23.7 Å². The van der Waals surface area contributed by atoms with Crippen LogP contribution in [0.25, 0.3) is 27.1 Å². The highest BCUT2D eigenvalue weighted by molar-refractivity contribution is 6.07. The number of fused-ring (bicyclic) bond motifs is 4. The third-order valence-corrected chi connectivity index (χ3v) is 5.11. The van der Waals surface area contributed by atoms with Crippen molar-refractivity contribution in [3.8, 4) is 34.5 Å². The van der Waals surface area contributed by atoms with E-state index >= 15 is 0 Å². The molecule has 0 aliphatic carbocycles. The van der Waals surface area contributed by atoms with Gasteiger partial charge in [0.1, 0.15) is 5.39 Å². The zero-order valence-corrected chi connectivity index (χ0v) is 16.9. The molecule has 0 spiro atoms. The summed E-state index contributed by atoms with van der Waals surface area (Å²) in [6, 6.07) is 7.53. The third-order valence-electron chi connectivity index (χ3n) is 5.11. The summed E-state index contributed by atoms with van der Waals surface area (Å²) in [7, 11) is 7.82. The number of ether oxygens (including phenoxy) is 5. The van der Waals surface area contributed by atoms with Crippen molar-refractivity contribution < 1.29 is 33.2 Å². The van der Waals surface area contributed by atoms with Crippen LogP contribution in [-0.4, -0.2) is 40.7 Å². The topological polar surface area (TPSA) is 70.5 Å². The first kappa shape index (κ1) is 18.7. The second-order valence-electron chi connectivity index (χ2n) is 6.42. The average molecular weight is 396 g/mol. The molecular weight excluding hydrogens is 374 g/mol. The smallest absolute Gasteiger partial charge is 0.223 e. The molecule has 0 radical (unpaired) electrons. The van der Waals surface area contributed by atoms with Gasteiger partial charge in [-0.05, 0) is 17.5 Å². The summed E-state index contributed by atoms with van der Waals surface area (Å²) in [6.07, 6.45) is 3.74. The normalized spacial score (nSPS) is 11.1. The number of aromatic nitrogens is 1. The molecule has 4 rings (SSSR count). The SMILES string of the molecule is COc1ccc2cc3c4c(OC)c(OC)c(OC)c(OC)c4cc[n+]3cc2c1O. The minimum Gasteiger partial charge on any atom is -0.504 e. The van der Waals surface area contributed by atoms with Crippen molar-refractivity contribution in [2.75, 3.05) is 35.5 Å². The number of benzene rings is 2. The van der Waals surface area contributed by atoms with Crippen LogP contribution in [0.1, 0.15) is 0 Å². The first-order valence-corrected chi connectivity index (χ1v) is 8.92. The van der Waals surface area contributed by atoms with E-state index in [1.165, 1.54) is 7.11 Å². The van der Waals surface area contributed by atoms with Gasteiger partial charge in [-0.1, -0.05) is 0 Å². The first-order chi connectivity index (χ1) is 14.1. The fraction of sp³-hybridized carbons (Fsp3) is 0.227. The number of hydrogen-bond acceptors (Lipinski definition) is 6. The van der Waals surface area contributed by atoms with Crippen molar-refractivity contribution in [2.24, 2.45) is 0 Å². The van der Waals surface area contributed by atoms with Crippen molar-refractivity contribution in [1.29, 1.82) is 0 Å². The molecule has 1 N–H and O–H groups in total. The van der Waals surface area contributed by atoms with Crippen LogP contribution in [0.15, 0.2) is 36.7 Å². The first-order valence-electron chi connectivity index (χ1n) is 8.92. The maximum atomic E-state index is 10.5. The molecule has 0 saturated carbocycles. The largest absolute Gasteiger partial charge is 0.504 e.